The smallest absolute Gasteiger partial charge is 0.261 e. The molecule has 0 spiro atoms. The number of halogens is 1. The predicted octanol–water partition coefficient (Wildman–Crippen LogP) is 3.74. The molecule has 1 atom stereocenters. The van der Waals surface area contributed by atoms with Gasteiger partial charge in [0.05, 0.1) is 17.2 Å². The Balaban J connectivity index is 1.59. The summed E-state index contributed by atoms with van der Waals surface area (Å²) in [6, 6.07) is 13.3. The first-order valence-corrected chi connectivity index (χ1v) is 8.42. The van der Waals surface area contributed by atoms with Gasteiger partial charge in [0.1, 0.15) is 6.61 Å². The molecule has 1 heterocycles. The number of carbonyl (C=O) groups excluding carboxylic acids is 2. The van der Waals surface area contributed by atoms with Crippen LogP contribution in [0.4, 0.5) is 5.69 Å². The van der Waals surface area contributed by atoms with E-state index in [4.69, 9.17) is 28.6 Å². The summed E-state index contributed by atoms with van der Waals surface area (Å²) in [6.45, 7) is 1.84. The van der Waals surface area contributed by atoms with Crippen molar-refractivity contribution >= 4 is 46.5 Å². The summed E-state index contributed by atoms with van der Waals surface area (Å²) in [4.78, 5) is 26.0. The Hall–Kier alpha value is -2.44. The molecular formula is C18H15ClN2O3S. The van der Waals surface area contributed by atoms with E-state index in [2.05, 4.69) is 5.32 Å². The number of hydrogen-bond donors (Lipinski definition) is 1. The van der Waals surface area contributed by atoms with Crippen molar-refractivity contribution in [3.05, 3.63) is 64.7 Å². The van der Waals surface area contributed by atoms with Crippen LogP contribution in [-0.4, -0.2) is 34.5 Å². The van der Waals surface area contributed by atoms with Gasteiger partial charge in [-0.25, -0.2) is 0 Å². The average molecular weight is 375 g/mol. The lowest BCUT2D eigenvalue weighted by atomic mass is 10.1. The summed E-state index contributed by atoms with van der Waals surface area (Å²) < 4.78 is 5.49. The molecule has 2 aromatic rings. The van der Waals surface area contributed by atoms with Crippen molar-refractivity contribution in [3.8, 4) is 0 Å². The molecule has 0 saturated carbocycles. The molecular weight excluding hydrogens is 360 g/mol. The van der Waals surface area contributed by atoms with Gasteiger partial charge >= 0.3 is 0 Å². The van der Waals surface area contributed by atoms with Gasteiger partial charge in [0.25, 0.3) is 17.0 Å². The number of nitrogens with one attached hydrogen (secondary N) is 1. The lowest BCUT2D eigenvalue weighted by molar-refractivity contribution is 0.0547. The van der Waals surface area contributed by atoms with Crippen molar-refractivity contribution in [2.75, 3.05) is 11.9 Å². The molecule has 7 heteroatoms. The first kappa shape index (κ1) is 17.4. The van der Waals surface area contributed by atoms with Crippen LogP contribution in [0.25, 0.3) is 0 Å². The number of benzene rings is 2. The Labute approximate surface area is 155 Å². The number of thiocarbonyl (C=S) groups is 1. The first-order valence-electron chi connectivity index (χ1n) is 7.63. The van der Waals surface area contributed by atoms with Crippen LogP contribution < -0.4 is 5.32 Å². The molecule has 0 aromatic heterocycles. The molecule has 0 aliphatic carbocycles. The number of fused-ring (bicyclic) bond motifs is 1. The molecule has 1 aliphatic heterocycles. The fraction of sp³-hybridized carbons (Fsp3) is 0.167. The van der Waals surface area contributed by atoms with Crippen LogP contribution in [0.1, 0.15) is 27.6 Å². The van der Waals surface area contributed by atoms with Gasteiger partial charge in [-0.05, 0) is 55.5 Å². The van der Waals surface area contributed by atoms with E-state index in [9.17, 15) is 9.59 Å². The maximum Gasteiger partial charge on any atom is 0.261 e. The lowest BCUT2D eigenvalue weighted by Crippen LogP contribution is -2.41. The van der Waals surface area contributed by atoms with Gasteiger partial charge in [-0.3, -0.25) is 14.5 Å². The molecule has 0 saturated heterocycles. The zero-order valence-electron chi connectivity index (χ0n) is 13.4. The number of anilines is 1. The van der Waals surface area contributed by atoms with E-state index >= 15 is 0 Å². The second kappa shape index (κ2) is 7.21. The molecule has 0 bridgehead atoms. The summed E-state index contributed by atoms with van der Waals surface area (Å²) in [6.07, 6.45) is 0. The van der Waals surface area contributed by atoms with E-state index in [1.807, 2.05) is 0 Å². The highest BCUT2D eigenvalue weighted by Crippen LogP contribution is 2.24. The Morgan fingerprint density at radius 2 is 1.68 bits per heavy atom. The highest BCUT2D eigenvalue weighted by atomic mass is 35.5. The van der Waals surface area contributed by atoms with E-state index in [0.29, 0.717) is 16.1 Å². The molecule has 2 amide bonds. The Morgan fingerprint density at radius 1 is 1.12 bits per heavy atom. The minimum Gasteiger partial charge on any atom is -0.469 e. The third-order valence-corrected chi connectivity index (χ3v) is 4.28. The highest BCUT2D eigenvalue weighted by Gasteiger charge is 2.38. The summed E-state index contributed by atoms with van der Waals surface area (Å²) in [7, 11) is 0. The molecule has 2 aromatic carbocycles. The molecule has 128 valence electrons. The van der Waals surface area contributed by atoms with Gasteiger partial charge < -0.3 is 10.1 Å². The molecule has 1 N–H and O–H groups in total. The van der Waals surface area contributed by atoms with Crippen LogP contribution in [-0.2, 0) is 4.74 Å². The highest BCUT2D eigenvalue weighted by molar-refractivity contribution is 7.80. The number of imide groups is 1. The normalized spacial score (nSPS) is 14.2. The Morgan fingerprint density at radius 3 is 2.24 bits per heavy atom. The maximum absolute atomic E-state index is 12.4. The zero-order chi connectivity index (χ0) is 18.0. The molecule has 0 unspecified atom stereocenters. The number of ether oxygens (including phenoxy) is 1. The second-order valence-corrected chi connectivity index (χ2v) is 6.41. The van der Waals surface area contributed by atoms with Crippen LogP contribution in [0.15, 0.2) is 48.5 Å². The first-order chi connectivity index (χ1) is 12.0. The van der Waals surface area contributed by atoms with Crippen LogP contribution in [0.5, 0.6) is 0 Å². The van der Waals surface area contributed by atoms with Crippen molar-refractivity contribution in [3.63, 3.8) is 0 Å². The van der Waals surface area contributed by atoms with Gasteiger partial charge in [-0.1, -0.05) is 23.7 Å². The SMILES string of the molecule is C[C@H](COC(=S)Nc1ccc(Cl)cc1)N1C(=O)c2ccccc2C1=O. The Kier molecular flexibility index (Phi) is 5.01. The van der Waals surface area contributed by atoms with Crippen molar-refractivity contribution < 1.29 is 14.3 Å². The molecule has 0 fully saturated rings. The van der Waals surface area contributed by atoms with Crippen molar-refractivity contribution in [2.24, 2.45) is 0 Å². The fourth-order valence-corrected chi connectivity index (χ4v) is 2.88. The average Bonchev–Trinajstić information content (AvgIpc) is 2.86. The van der Waals surface area contributed by atoms with Crippen LogP contribution in [0.3, 0.4) is 0 Å². The molecule has 3 rings (SSSR count). The molecule has 25 heavy (non-hydrogen) atoms. The fourth-order valence-electron chi connectivity index (χ4n) is 2.57. The van der Waals surface area contributed by atoms with E-state index in [-0.39, 0.29) is 23.6 Å². The van der Waals surface area contributed by atoms with Gasteiger partial charge in [-0.15, -0.1) is 0 Å². The van der Waals surface area contributed by atoms with E-state index in [1.165, 1.54) is 4.90 Å². The van der Waals surface area contributed by atoms with Crippen LogP contribution in [0, 0.1) is 0 Å². The van der Waals surface area contributed by atoms with Crippen LogP contribution >= 0.6 is 23.8 Å². The van der Waals surface area contributed by atoms with Gasteiger partial charge in [0, 0.05) is 10.7 Å². The number of rotatable bonds is 4. The van der Waals surface area contributed by atoms with Gasteiger partial charge in [-0.2, -0.15) is 0 Å². The van der Waals surface area contributed by atoms with E-state index in [0.717, 1.165) is 5.69 Å². The molecule has 0 radical (unpaired) electrons. The van der Waals surface area contributed by atoms with Crippen molar-refractivity contribution in [2.45, 2.75) is 13.0 Å². The van der Waals surface area contributed by atoms with Crippen LogP contribution in [0.2, 0.25) is 5.02 Å². The van der Waals surface area contributed by atoms with Gasteiger partial charge in [0.2, 0.25) is 0 Å². The maximum atomic E-state index is 12.4. The Bertz CT molecular complexity index is 803. The largest absolute Gasteiger partial charge is 0.469 e. The van der Waals surface area contributed by atoms with Crippen molar-refractivity contribution in [1.82, 2.24) is 4.90 Å². The summed E-state index contributed by atoms with van der Waals surface area (Å²) in [5.74, 6) is -0.624. The van der Waals surface area contributed by atoms with E-state index < -0.39 is 6.04 Å². The number of hydrogen-bond acceptors (Lipinski definition) is 4. The number of nitrogens with zero attached hydrogens (tertiary/aromatic N) is 1. The number of carbonyl (C=O) groups is 2. The predicted molar refractivity (Wildman–Crippen MR) is 100 cm³/mol. The third kappa shape index (κ3) is 3.65. The summed E-state index contributed by atoms with van der Waals surface area (Å²) in [5, 5.41) is 3.70. The number of amides is 2. The minimum atomic E-state index is -0.447. The third-order valence-electron chi connectivity index (χ3n) is 3.81. The standard InChI is InChI=1S/C18H15ClN2O3S/c1-11(10-24-18(25)20-13-8-6-12(19)7-9-13)21-16(22)14-4-2-3-5-15(14)17(21)23/h2-9,11H,10H2,1H3,(H,20,25)/t11-/m1/s1. The zero-order valence-corrected chi connectivity index (χ0v) is 14.9. The van der Waals surface area contributed by atoms with E-state index in [1.54, 1.807) is 55.5 Å². The monoisotopic (exact) mass is 374 g/mol. The topological polar surface area (TPSA) is 58.6 Å². The minimum absolute atomic E-state index is 0.102. The van der Waals surface area contributed by atoms with Crippen molar-refractivity contribution in [1.29, 1.82) is 0 Å². The summed E-state index contributed by atoms with van der Waals surface area (Å²) in [5.41, 5.74) is 1.57. The summed E-state index contributed by atoms with van der Waals surface area (Å²) >= 11 is 11.0. The van der Waals surface area contributed by atoms with Gasteiger partial charge in [0.15, 0.2) is 0 Å². The lowest BCUT2D eigenvalue weighted by Gasteiger charge is -2.22. The quantitative estimate of drug-likeness (QED) is 0.652. The molecule has 1 aliphatic rings. The molecule has 5 nitrogen and oxygen atoms in total. The second-order valence-electron chi connectivity index (χ2n) is 5.61.